The van der Waals surface area contributed by atoms with Gasteiger partial charge in [-0.25, -0.2) is 0 Å². The smallest absolute Gasteiger partial charge is 0.232 e. The molecule has 0 radical (unpaired) electrons. The van der Waals surface area contributed by atoms with Crippen molar-refractivity contribution < 1.29 is 4.79 Å². The van der Waals surface area contributed by atoms with Gasteiger partial charge in [0.25, 0.3) is 0 Å². The lowest BCUT2D eigenvalue weighted by Crippen LogP contribution is -2.30. The highest BCUT2D eigenvalue weighted by Gasteiger charge is 2.28. The summed E-state index contributed by atoms with van der Waals surface area (Å²) in [7, 11) is 1.91. The van der Waals surface area contributed by atoms with Crippen LogP contribution in [0.2, 0.25) is 0 Å². The molecule has 0 heterocycles. The molecule has 1 amide bonds. The van der Waals surface area contributed by atoms with Crippen LogP contribution in [0.5, 0.6) is 0 Å². The highest BCUT2D eigenvalue weighted by molar-refractivity contribution is 7.99. The molecule has 2 N–H and O–H groups in total. The number of carbonyl (C=O) groups is 1. The van der Waals surface area contributed by atoms with Gasteiger partial charge in [0.15, 0.2) is 0 Å². The SMILES string of the molecule is CC(N)CCSCC(=O)N(C)C1CC1. The zero-order valence-corrected chi connectivity index (χ0v) is 9.85. The van der Waals surface area contributed by atoms with Crippen LogP contribution >= 0.6 is 11.8 Å². The molecule has 0 spiro atoms. The Morgan fingerprint density at radius 2 is 2.29 bits per heavy atom. The zero-order chi connectivity index (χ0) is 10.6. The fourth-order valence-corrected chi connectivity index (χ4v) is 2.26. The number of nitrogens with two attached hydrogens (primary N) is 1. The quantitative estimate of drug-likeness (QED) is 0.676. The number of hydrogen-bond donors (Lipinski definition) is 1. The minimum Gasteiger partial charge on any atom is -0.342 e. The van der Waals surface area contributed by atoms with Crippen LogP contribution in [-0.4, -0.2) is 41.4 Å². The predicted molar refractivity (Wildman–Crippen MR) is 61.4 cm³/mol. The van der Waals surface area contributed by atoms with Crippen LogP contribution in [0.3, 0.4) is 0 Å². The second-order valence-corrected chi connectivity index (χ2v) is 5.16. The van der Waals surface area contributed by atoms with E-state index in [2.05, 4.69) is 0 Å². The normalized spacial score (nSPS) is 17.9. The number of amides is 1. The van der Waals surface area contributed by atoms with Crippen LogP contribution in [-0.2, 0) is 4.79 Å². The summed E-state index contributed by atoms with van der Waals surface area (Å²) in [6.07, 6.45) is 3.37. The molecule has 1 unspecified atom stereocenters. The molecule has 1 rings (SSSR count). The Morgan fingerprint density at radius 3 is 2.79 bits per heavy atom. The van der Waals surface area contributed by atoms with Gasteiger partial charge in [0.05, 0.1) is 5.75 Å². The molecule has 0 aliphatic heterocycles. The van der Waals surface area contributed by atoms with E-state index in [1.807, 2.05) is 18.9 Å². The van der Waals surface area contributed by atoms with Gasteiger partial charge in [0, 0.05) is 19.1 Å². The van der Waals surface area contributed by atoms with Crippen molar-refractivity contribution in [1.29, 1.82) is 0 Å². The van der Waals surface area contributed by atoms with Crippen molar-refractivity contribution in [1.82, 2.24) is 4.90 Å². The third-order valence-corrected chi connectivity index (χ3v) is 3.41. The van der Waals surface area contributed by atoms with E-state index in [0.717, 1.165) is 12.2 Å². The fraction of sp³-hybridized carbons (Fsp3) is 0.900. The molecule has 1 saturated carbocycles. The lowest BCUT2D eigenvalue weighted by atomic mass is 10.3. The zero-order valence-electron chi connectivity index (χ0n) is 9.03. The van der Waals surface area contributed by atoms with Crippen molar-refractivity contribution in [3.8, 4) is 0 Å². The van der Waals surface area contributed by atoms with E-state index >= 15 is 0 Å². The third-order valence-electron chi connectivity index (χ3n) is 2.43. The van der Waals surface area contributed by atoms with E-state index in [1.165, 1.54) is 12.8 Å². The summed E-state index contributed by atoms with van der Waals surface area (Å²) in [4.78, 5) is 13.4. The lowest BCUT2D eigenvalue weighted by molar-refractivity contribution is -0.127. The van der Waals surface area contributed by atoms with Crippen LogP contribution in [0.1, 0.15) is 26.2 Å². The number of thioether (sulfide) groups is 1. The van der Waals surface area contributed by atoms with Crippen LogP contribution in [0.25, 0.3) is 0 Å². The van der Waals surface area contributed by atoms with Crippen molar-refractivity contribution in [2.24, 2.45) is 5.73 Å². The summed E-state index contributed by atoms with van der Waals surface area (Å²) in [6.45, 7) is 2.00. The van der Waals surface area contributed by atoms with Gasteiger partial charge in [-0.15, -0.1) is 0 Å². The lowest BCUT2D eigenvalue weighted by Gasteiger charge is -2.15. The fourth-order valence-electron chi connectivity index (χ4n) is 1.20. The van der Waals surface area contributed by atoms with Crippen molar-refractivity contribution in [2.45, 2.75) is 38.3 Å². The van der Waals surface area contributed by atoms with E-state index in [-0.39, 0.29) is 11.9 Å². The number of hydrogen-bond acceptors (Lipinski definition) is 3. The Hall–Kier alpha value is -0.220. The molecule has 0 aromatic carbocycles. The standard InChI is InChI=1S/C10H20N2OS/c1-8(11)5-6-14-7-10(13)12(2)9-3-4-9/h8-9H,3-7,11H2,1-2H3. The minimum atomic E-state index is 0.249. The van der Waals surface area contributed by atoms with Gasteiger partial charge >= 0.3 is 0 Å². The van der Waals surface area contributed by atoms with E-state index in [0.29, 0.717) is 11.8 Å². The highest BCUT2D eigenvalue weighted by atomic mass is 32.2. The molecule has 0 saturated heterocycles. The monoisotopic (exact) mass is 216 g/mol. The Bertz CT molecular complexity index is 193. The van der Waals surface area contributed by atoms with Crippen LogP contribution in [0.15, 0.2) is 0 Å². The maximum absolute atomic E-state index is 11.5. The van der Waals surface area contributed by atoms with E-state index in [4.69, 9.17) is 5.73 Å². The first-order valence-corrected chi connectivity index (χ1v) is 6.35. The van der Waals surface area contributed by atoms with E-state index < -0.39 is 0 Å². The van der Waals surface area contributed by atoms with E-state index in [9.17, 15) is 4.79 Å². The first-order valence-electron chi connectivity index (χ1n) is 5.20. The van der Waals surface area contributed by atoms with Gasteiger partial charge in [-0.05, 0) is 31.9 Å². The molecular formula is C10H20N2OS. The summed E-state index contributed by atoms with van der Waals surface area (Å²) in [5.41, 5.74) is 5.62. The van der Waals surface area contributed by atoms with Gasteiger partial charge in [-0.3, -0.25) is 4.79 Å². The summed E-state index contributed by atoms with van der Waals surface area (Å²) in [6, 6.07) is 0.787. The average Bonchev–Trinajstić information content (AvgIpc) is 2.93. The van der Waals surface area contributed by atoms with Crippen molar-refractivity contribution in [3.05, 3.63) is 0 Å². The van der Waals surface area contributed by atoms with Gasteiger partial charge < -0.3 is 10.6 Å². The van der Waals surface area contributed by atoms with Gasteiger partial charge in [0.2, 0.25) is 5.91 Å². The molecule has 0 aromatic rings. The summed E-state index contributed by atoms with van der Waals surface area (Å²) < 4.78 is 0. The summed E-state index contributed by atoms with van der Waals surface area (Å²) in [5, 5.41) is 0. The first-order chi connectivity index (χ1) is 6.61. The molecule has 1 fully saturated rings. The molecule has 1 atom stereocenters. The maximum atomic E-state index is 11.5. The van der Waals surface area contributed by atoms with E-state index in [1.54, 1.807) is 11.8 Å². The second kappa shape index (κ2) is 5.61. The van der Waals surface area contributed by atoms with Crippen molar-refractivity contribution in [3.63, 3.8) is 0 Å². The van der Waals surface area contributed by atoms with Crippen LogP contribution in [0.4, 0.5) is 0 Å². The summed E-state index contributed by atoms with van der Waals surface area (Å²) in [5.74, 6) is 1.86. The number of rotatable bonds is 6. The number of nitrogens with zero attached hydrogens (tertiary/aromatic N) is 1. The highest BCUT2D eigenvalue weighted by Crippen LogP contribution is 2.25. The largest absolute Gasteiger partial charge is 0.342 e. The Kier molecular flexibility index (Phi) is 4.75. The third kappa shape index (κ3) is 4.33. The summed E-state index contributed by atoms with van der Waals surface area (Å²) >= 11 is 1.69. The second-order valence-electron chi connectivity index (χ2n) is 4.05. The molecule has 3 nitrogen and oxygen atoms in total. The maximum Gasteiger partial charge on any atom is 0.232 e. The predicted octanol–water partition coefficient (Wildman–Crippen LogP) is 1.08. The van der Waals surface area contributed by atoms with Gasteiger partial charge in [-0.2, -0.15) is 11.8 Å². The minimum absolute atomic E-state index is 0.249. The topological polar surface area (TPSA) is 46.3 Å². The molecule has 0 bridgehead atoms. The van der Waals surface area contributed by atoms with Gasteiger partial charge in [0.1, 0.15) is 0 Å². The molecule has 4 heteroatoms. The molecule has 0 aromatic heterocycles. The van der Waals surface area contributed by atoms with Crippen molar-refractivity contribution in [2.75, 3.05) is 18.6 Å². The number of carbonyl (C=O) groups excluding carboxylic acids is 1. The molecule has 1 aliphatic carbocycles. The van der Waals surface area contributed by atoms with Crippen LogP contribution in [0, 0.1) is 0 Å². The first kappa shape index (κ1) is 11.9. The van der Waals surface area contributed by atoms with Gasteiger partial charge in [-0.1, -0.05) is 0 Å². The molecular weight excluding hydrogens is 196 g/mol. The Balaban J connectivity index is 2.02. The van der Waals surface area contributed by atoms with Crippen LogP contribution < -0.4 is 5.73 Å². The molecule has 14 heavy (non-hydrogen) atoms. The Labute approximate surface area is 90.4 Å². The average molecular weight is 216 g/mol. The molecule has 1 aliphatic rings. The molecule has 82 valence electrons. The Morgan fingerprint density at radius 1 is 1.64 bits per heavy atom. The van der Waals surface area contributed by atoms with Crippen molar-refractivity contribution >= 4 is 17.7 Å².